The number of ether oxygens (including phenoxy) is 1. The first-order valence-corrected chi connectivity index (χ1v) is 5.99. The molecular formula is C15H15NO3. The van der Waals surface area contributed by atoms with Gasteiger partial charge in [-0.05, 0) is 30.7 Å². The molecule has 0 fully saturated rings. The van der Waals surface area contributed by atoms with Crippen molar-refractivity contribution in [3.8, 4) is 5.75 Å². The van der Waals surface area contributed by atoms with E-state index in [1.807, 2.05) is 19.1 Å². The van der Waals surface area contributed by atoms with E-state index in [1.54, 1.807) is 30.5 Å². The molecule has 98 valence electrons. The summed E-state index contributed by atoms with van der Waals surface area (Å²) < 4.78 is 5.65. The number of hydrogen-bond acceptors (Lipinski definition) is 3. The summed E-state index contributed by atoms with van der Waals surface area (Å²) >= 11 is 0. The summed E-state index contributed by atoms with van der Waals surface area (Å²) in [6.07, 6.45) is 1.78. The topological polar surface area (TPSA) is 59.4 Å². The third-order valence-electron chi connectivity index (χ3n) is 2.79. The van der Waals surface area contributed by atoms with Gasteiger partial charge < -0.3 is 9.84 Å². The molecule has 2 aromatic rings. The summed E-state index contributed by atoms with van der Waals surface area (Å²) in [5, 5.41) is 8.68. The maximum absolute atomic E-state index is 10.6. The fourth-order valence-electron chi connectivity index (χ4n) is 1.71. The molecule has 2 rings (SSSR count). The Balaban J connectivity index is 1.97. The van der Waals surface area contributed by atoms with Crippen LogP contribution < -0.4 is 4.74 Å². The number of carbonyl (C=O) groups is 1. The van der Waals surface area contributed by atoms with E-state index >= 15 is 0 Å². The smallest absolute Gasteiger partial charge is 0.307 e. The number of rotatable bonds is 5. The van der Waals surface area contributed by atoms with Crippen LogP contribution >= 0.6 is 0 Å². The van der Waals surface area contributed by atoms with Crippen molar-refractivity contribution in [2.45, 2.75) is 20.0 Å². The fourth-order valence-corrected chi connectivity index (χ4v) is 1.71. The lowest BCUT2D eigenvalue weighted by atomic mass is 10.1. The van der Waals surface area contributed by atoms with E-state index in [0.29, 0.717) is 6.61 Å². The summed E-state index contributed by atoms with van der Waals surface area (Å²) in [6.45, 7) is 2.40. The van der Waals surface area contributed by atoms with Gasteiger partial charge in [0.1, 0.15) is 12.4 Å². The molecule has 0 spiro atoms. The van der Waals surface area contributed by atoms with Crippen LogP contribution in [0.15, 0.2) is 42.6 Å². The van der Waals surface area contributed by atoms with Gasteiger partial charge in [-0.2, -0.15) is 0 Å². The highest BCUT2D eigenvalue weighted by Gasteiger charge is 2.02. The molecule has 0 radical (unpaired) electrons. The van der Waals surface area contributed by atoms with Crippen molar-refractivity contribution < 1.29 is 14.6 Å². The van der Waals surface area contributed by atoms with Crippen molar-refractivity contribution in [2.75, 3.05) is 0 Å². The van der Waals surface area contributed by atoms with Crippen molar-refractivity contribution >= 4 is 5.97 Å². The summed E-state index contributed by atoms with van der Waals surface area (Å²) in [5.74, 6) is -0.114. The van der Waals surface area contributed by atoms with E-state index < -0.39 is 5.97 Å². The summed E-state index contributed by atoms with van der Waals surface area (Å²) in [7, 11) is 0. The second-order valence-corrected chi connectivity index (χ2v) is 4.25. The van der Waals surface area contributed by atoms with Crippen LogP contribution in [0.2, 0.25) is 0 Å². The van der Waals surface area contributed by atoms with Crippen LogP contribution in [0.25, 0.3) is 0 Å². The average Bonchev–Trinajstić information content (AvgIpc) is 2.39. The third kappa shape index (κ3) is 3.81. The van der Waals surface area contributed by atoms with E-state index in [0.717, 1.165) is 22.6 Å². The Hall–Kier alpha value is -2.36. The summed E-state index contributed by atoms with van der Waals surface area (Å²) in [6, 6.07) is 10.9. The summed E-state index contributed by atoms with van der Waals surface area (Å²) in [5.41, 5.74) is 2.75. The zero-order chi connectivity index (χ0) is 13.7. The van der Waals surface area contributed by atoms with E-state index in [4.69, 9.17) is 9.84 Å². The lowest BCUT2D eigenvalue weighted by Crippen LogP contribution is -2.01. The number of carboxylic acids is 1. The quantitative estimate of drug-likeness (QED) is 0.894. The summed E-state index contributed by atoms with van der Waals surface area (Å²) in [4.78, 5) is 14.8. The molecule has 0 amide bonds. The van der Waals surface area contributed by atoms with Gasteiger partial charge in [0.15, 0.2) is 0 Å². The number of hydrogen-bond donors (Lipinski definition) is 1. The molecule has 1 aromatic heterocycles. The standard InChI is InChI=1S/C15H15NO3/c1-11-13(3-2-8-16-11)10-19-14-6-4-12(5-7-14)9-15(17)18/h2-8H,9-10H2,1H3,(H,17,18). The van der Waals surface area contributed by atoms with Gasteiger partial charge in [-0.3, -0.25) is 9.78 Å². The molecule has 0 atom stereocenters. The maximum atomic E-state index is 10.6. The van der Waals surface area contributed by atoms with E-state index in [1.165, 1.54) is 0 Å². The first-order valence-electron chi connectivity index (χ1n) is 5.99. The largest absolute Gasteiger partial charge is 0.489 e. The van der Waals surface area contributed by atoms with Gasteiger partial charge in [-0.15, -0.1) is 0 Å². The maximum Gasteiger partial charge on any atom is 0.307 e. The Morgan fingerprint density at radius 3 is 2.63 bits per heavy atom. The molecule has 1 N–H and O–H groups in total. The fraction of sp³-hybridized carbons (Fsp3) is 0.200. The molecule has 0 saturated carbocycles. The predicted octanol–water partition coefficient (Wildman–Crippen LogP) is 2.60. The average molecular weight is 257 g/mol. The van der Waals surface area contributed by atoms with Crippen molar-refractivity contribution in [1.82, 2.24) is 4.98 Å². The highest BCUT2D eigenvalue weighted by molar-refractivity contribution is 5.70. The number of carboxylic acid groups (broad SMARTS) is 1. The van der Waals surface area contributed by atoms with Crippen LogP contribution in [0.4, 0.5) is 0 Å². The van der Waals surface area contributed by atoms with E-state index in [-0.39, 0.29) is 6.42 Å². The van der Waals surface area contributed by atoms with Crippen LogP contribution in [-0.4, -0.2) is 16.1 Å². The van der Waals surface area contributed by atoms with Gasteiger partial charge in [0.25, 0.3) is 0 Å². The molecule has 1 heterocycles. The number of aliphatic carboxylic acids is 1. The molecule has 0 aliphatic heterocycles. The molecule has 4 nitrogen and oxygen atoms in total. The minimum Gasteiger partial charge on any atom is -0.489 e. The van der Waals surface area contributed by atoms with Crippen LogP contribution in [0, 0.1) is 6.92 Å². The lowest BCUT2D eigenvalue weighted by molar-refractivity contribution is -0.136. The zero-order valence-electron chi connectivity index (χ0n) is 10.7. The second kappa shape index (κ2) is 6.00. The number of benzene rings is 1. The van der Waals surface area contributed by atoms with Crippen LogP contribution in [0.3, 0.4) is 0 Å². The molecule has 19 heavy (non-hydrogen) atoms. The molecular weight excluding hydrogens is 242 g/mol. The minimum atomic E-state index is -0.834. The van der Waals surface area contributed by atoms with Gasteiger partial charge in [0, 0.05) is 17.5 Å². The SMILES string of the molecule is Cc1ncccc1COc1ccc(CC(=O)O)cc1. The zero-order valence-corrected chi connectivity index (χ0v) is 10.7. The molecule has 1 aromatic carbocycles. The first kappa shape index (κ1) is 13.1. The monoisotopic (exact) mass is 257 g/mol. The molecule has 0 unspecified atom stereocenters. The van der Waals surface area contributed by atoms with Crippen molar-refractivity contribution in [1.29, 1.82) is 0 Å². The van der Waals surface area contributed by atoms with Gasteiger partial charge in [-0.25, -0.2) is 0 Å². The van der Waals surface area contributed by atoms with Crippen LogP contribution in [0.1, 0.15) is 16.8 Å². The van der Waals surface area contributed by atoms with Crippen molar-refractivity contribution in [2.24, 2.45) is 0 Å². The Morgan fingerprint density at radius 2 is 2.00 bits per heavy atom. The Morgan fingerprint density at radius 1 is 1.26 bits per heavy atom. The highest BCUT2D eigenvalue weighted by Crippen LogP contribution is 2.15. The number of aryl methyl sites for hydroxylation is 1. The molecule has 0 aliphatic carbocycles. The van der Waals surface area contributed by atoms with Gasteiger partial charge in [0.2, 0.25) is 0 Å². The number of nitrogens with zero attached hydrogens (tertiary/aromatic N) is 1. The van der Waals surface area contributed by atoms with Crippen molar-refractivity contribution in [3.63, 3.8) is 0 Å². The van der Waals surface area contributed by atoms with E-state index in [2.05, 4.69) is 4.98 Å². The number of pyridine rings is 1. The van der Waals surface area contributed by atoms with E-state index in [9.17, 15) is 4.79 Å². The minimum absolute atomic E-state index is 0.0298. The van der Waals surface area contributed by atoms with Crippen molar-refractivity contribution in [3.05, 3.63) is 59.4 Å². The molecule has 0 saturated heterocycles. The first-order chi connectivity index (χ1) is 9.15. The van der Waals surface area contributed by atoms with Gasteiger partial charge >= 0.3 is 5.97 Å². The Bertz CT molecular complexity index is 564. The van der Waals surface area contributed by atoms with Crippen LogP contribution in [0.5, 0.6) is 5.75 Å². The Kier molecular flexibility index (Phi) is 4.13. The van der Waals surface area contributed by atoms with Gasteiger partial charge in [-0.1, -0.05) is 18.2 Å². The van der Waals surface area contributed by atoms with Crippen LogP contribution in [-0.2, 0) is 17.8 Å². The van der Waals surface area contributed by atoms with Gasteiger partial charge in [0.05, 0.1) is 6.42 Å². The highest BCUT2D eigenvalue weighted by atomic mass is 16.5. The molecule has 4 heteroatoms. The third-order valence-corrected chi connectivity index (χ3v) is 2.79. The predicted molar refractivity (Wildman–Crippen MR) is 71.1 cm³/mol. The lowest BCUT2D eigenvalue weighted by Gasteiger charge is -2.08. The Labute approximate surface area is 111 Å². The molecule has 0 bridgehead atoms. The normalized spacial score (nSPS) is 10.2. The molecule has 0 aliphatic rings. The second-order valence-electron chi connectivity index (χ2n) is 4.25. The number of aromatic nitrogens is 1.